The van der Waals surface area contributed by atoms with Crippen molar-refractivity contribution in [3.05, 3.63) is 0 Å². The average Bonchev–Trinajstić information content (AvgIpc) is 1.99. The van der Waals surface area contributed by atoms with Gasteiger partial charge in [0.1, 0.15) is 0 Å². The summed E-state index contributed by atoms with van der Waals surface area (Å²) in [5.41, 5.74) is 5.30. The van der Waals surface area contributed by atoms with Gasteiger partial charge >= 0.3 is 0 Å². The largest absolute Gasteiger partial charge is 0.330 e. The second kappa shape index (κ2) is 3.62. The van der Waals surface area contributed by atoms with Gasteiger partial charge in [0.2, 0.25) is 5.78 Å². The molecule has 2 N–H and O–H groups in total. The van der Waals surface area contributed by atoms with Gasteiger partial charge in [-0.2, -0.15) is 0 Å². The number of carbonyl (C=O) groups is 2. The highest BCUT2D eigenvalue weighted by atomic mass is 16.2. The summed E-state index contributed by atoms with van der Waals surface area (Å²) in [5, 5.41) is 0. The van der Waals surface area contributed by atoms with Crippen LogP contribution in [0.4, 0.5) is 0 Å². The van der Waals surface area contributed by atoms with Crippen molar-refractivity contribution in [1.82, 2.24) is 0 Å². The summed E-state index contributed by atoms with van der Waals surface area (Å²) >= 11 is 0. The highest BCUT2D eigenvalue weighted by Gasteiger charge is 2.28. The van der Waals surface area contributed by atoms with E-state index in [0.29, 0.717) is 19.4 Å². The number of hydrogen-bond acceptors (Lipinski definition) is 3. The molecule has 0 aromatic heterocycles. The van der Waals surface area contributed by atoms with E-state index in [2.05, 4.69) is 0 Å². The minimum absolute atomic E-state index is 0.0683. The number of nitrogens with two attached hydrogens (primary N) is 1. The van der Waals surface area contributed by atoms with Crippen LogP contribution < -0.4 is 5.73 Å². The molecular weight excluding hydrogens is 142 g/mol. The molecule has 0 aliphatic heterocycles. The quantitative estimate of drug-likeness (QED) is 0.582. The van der Waals surface area contributed by atoms with E-state index in [4.69, 9.17) is 5.73 Å². The summed E-state index contributed by atoms with van der Waals surface area (Å²) in [6, 6.07) is 0. The lowest BCUT2D eigenvalue weighted by Gasteiger charge is -2.17. The van der Waals surface area contributed by atoms with Crippen molar-refractivity contribution in [3.8, 4) is 0 Å². The average molecular weight is 155 g/mol. The molecule has 0 spiro atoms. The zero-order valence-electron chi connectivity index (χ0n) is 6.51. The van der Waals surface area contributed by atoms with Crippen molar-refractivity contribution < 1.29 is 9.59 Å². The Morgan fingerprint density at radius 3 is 2.82 bits per heavy atom. The van der Waals surface area contributed by atoms with Crippen LogP contribution >= 0.6 is 0 Å². The van der Waals surface area contributed by atoms with Crippen molar-refractivity contribution >= 4 is 11.6 Å². The van der Waals surface area contributed by atoms with Crippen LogP contribution in [-0.2, 0) is 9.59 Å². The van der Waals surface area contributed by atoms with Gasteiger partial charge in [-0.15, -0.1) is 0 Å². The Hall–Kier alpha value is -0.700. The van der Waals surface area contributed by atoms with Crippen LogP contribution in [0, 0.1) is 5.92 Å². The second-order valence-electron chi connectivity index (χ2n) is 2.95. The number of carbonyl (C=O) groups excluding carboxylic acids is 2. The standard InChI is InChI=1S/C8H13NO2/c9-5-4-6-2-1-3-7(10)8(6)11/h6H,1-5,9H2. The summed E-state index contributed by atoms with van der Waals surface area (Å²) in [6.45, 7) is 0.504. The fourth-order valence-corrected chi connectivity index (χ4v) is 1.47. The van der Waals surface area contributed by atoms with E-state index in [1.54, 1.807) is 0 Å². The lowest BCUT2D eigenvalue weighted by atomic mass is 9.85. The summed E-state index contributed by atoms with van der Waals surface area (Å²) in [5.74, 6) is -0.461. The number of Topliss-reactive ketones (excluding diaryl/α,β-unsaturated/α-hetero) is 2. The molecule has 0 amide bonds. The normalized spacial score (nSPS) is 25.7. The van der Waals surface area contributed by atoms with Gasteiger partial charge in [0.25, 0.3) is 0 Å². The predicted octanol–water partition coefficient (Wildman–Crippen LogP) is 0.274. The van der Waals surface area contributed by atoms with E-state index in [1.165, 1.54) is 0 Å². The highest BCUT2D eigenvalue weighted by Crippen LogP contribution is 2.20. The molecule has 1 atom stereocenters. The molecule has 0 aromatic rings. The first-order valence-corrected chi connectivity index (χ1v) is 4.03. The molecule has 0 radical (unpaired) electrons. The van der Waals surface area contributed by atoms with E-state index < -0.39 is 0 Å². The van der Waals surface area contributed by atoms with Gasteiger partial charge in [-0.25, -0.2) is 0 Å². The molecule has 62 valence electrons. The van der Waals surface area contributed by atoms with E-state index in [-0.39, 0.29) is 17.5 Å². The van der Waals surface area contributed by atoms with Crippen molar-refractivity contribution in [3.63, 3.8) is 0 Å². The van der Waals surface area contributed by atoms with Gasteiger partial charge in [-0.3, -0.25) is 9.59 Å². The van der Waals surface area contributed by atoms with Crippen LogP contribution in [0.25, 0.3) is 0 Å². The van der Waals surface area contributed by atoms with Crippen LogP contribution in [0.5, 0.6) is 0 Å². The summed E-state index contributed by atoms with van der Waals surface area (Å²) in [4.78, 5) is 22.0. The number of hydrogen-bond donors (Lipinski definition) is 1. The van der Waals surface area contributed by atoms with Crippen LogP contribution in [0.3, 0.4) is 0 Å². The zero-order valence-corrected chi connectivity index (χ0v) is 6.51. The smallest absolute Gasteiger partial charge is 0.201 e. The Labute approximate surface area is 66.0 Å². The minimum atomic E-state index is -0.199. The molecule has 11 heavy (non-hydrogen) atoms. The van der Waals surface area contributed by atoms with Gasteiger partial charge < -0.3 is 5.73 Å². The molecule has 0 aromatic carbocycles. The first kappa shape index (κ1) is 8.40. The SMILES string of the molecule is NCCC1CCCC(=O)C1=O. The molecule has 1 unspecified atom stereocenters. The third-order valence-corrected chi connectivity index (χ3v) is 2.12. The van der Waals surface area contributed by atoms with Crippen molar-refractivity contribution in [2.75, 3.05) is 6.54 Å². The Balaban J connectivity index is 2.51. The summed E-state index contributed by atoms with van der Waals surface area (Å²) in [7, 11) is 0. The molecule has 1 aliphatic rings. The van der Waals surface area contributed by atoms with Crippen LogP contribution in [0.1, 0.15) is 25.7 Å². The highest BCUT2D eigenvalue weighted by molar-refractivity contribution is 6.38. The first-order valence-electron chi connectivity index (χ1n) is 4.03. The van der Waals surface area contributed by atoms with Crippen molar-refractivity contribution in [2.24, 2.45) is 11.7 Å². The molecular formula is C8H13NO2. The van der Waals surface area contributed by atoms with E-state index in [0.717, 1.165) is 12.8 Å². The van der Waals surface area contributed by atoms with Crippen molar-refractivity contribution in [2.45, 2.75) is 25.7 Å². The third kappa shape index (κ3) is 1.87. The predicted molar refractivity (Wildman–Crippen MR) is 41.0 cm³/mol. The molecule has 1 saturated carbocycles. The number of ketones is 2. The van der Waals surface area contributed by atoms with Gasteiger partial charge in [-0.1, -0.05) is 0 Å². The summed E-state index contributed by atoms with van der Waals surface area (Å²) in [6.07, 6.45) is 2.82. The van der Waals surface area contributed by atoms with Crippen LogP contribution in [0.2, 0.25) is 0 Å². The fourth-order valence-electron chi connectivity index (χ4n) is 1.47. The molecule has 3 nitrogen and oxygen atoms in total. The Morgan fingerprint density at radius 1 is 1.45 bits per heavy atom. The lowest BCUT2D eigenvalue weighted by Crippen LogP contribution is -2.29. The summed E-state index contributed by atoms with van der Waals surface area (Å²) < 4.78 is 0. The molecule has 1 rings (SSSR count). The van der Waals surface area contributed by atoms with Gasteiger partial charge in [0, 0.05) is 12.3 Å². The zero-order chi connectivity index (χ0) is 8.27. The molecule has 1 aliphatic carbocycles. The van der Waals surface area contributed by atoms with Gasteiger partial charge in [0.05, 0.1) is 0 Å². The van der Waals surface area contributed by atoms with Crippen LogP contribution in [-0.4, -0.2) is 18.1 Å². The topological polar surface area (TPSA) is 60.2 Å². The number of rotatable bonds is 2. The molecule has 1 fully saturated rings. The molecule has 0 bridgehead atoms. The second-order valence-corrected chi connectivity index (χ2v) is 2.95. The Bertz CT molecular complexity index is 175. The lowest BCUT2D eigenvalue weighted by molar-refractivity contribution is -0.141. The first-order chi connectivity index (χ1) is 5.25. The Kier molecular flexibility index (Phi) is 2.76. The Morgan fingerprint density at radius 2 is 2.18 bits per heavy atom. The van der Waals surface area contributed by atoms with E-state index in [9.17, 15) is 9.59 Å². The third-order valence-electron chi connectivity index (χ3n) is 2.12. The molecule has 0 saturated heterocycles. The minimum Gasteiger partial charge on any atom is -0.330 e. The van der Waals surface area contributed by atoms with Gasteiger partial charge in [0.15, 0.2) is 5.78 Å². The maximum atomic E-state index is 11.1. The van der Waals surface area contributed by atoms with E-state index in [1.807, 2.05) is 0 Å². The monoisotopic (exact) mass is 155 g/mol. The maximum Gasteiger partial charge on any atom is 0.201 e. The maximum absolute atomic E-state index is 11.1. The van der Waals surface area contributed by atoms with E-state index >= 15 is 0 Å². The molecule has 3 heteroatoms. The fraction of sp³-hybridized carbons (Fsp3) is 0.750. The van der Waals surface area contributed by atoms with Crippen molar-refractivity contribution in [1.29, 1.82) is 0 Å². The van der Waals surface area contributed by atoms with Gasteiger partial charge in [-0.05, 0) is 25.8 Å². The molecule has 0 heterocycles. The van der Waals surface area contributed by atoms with Crippen LogP contribution in [0.15, 0.2) is 0 Å².